The summed E-state index contributed by atoms with van der Waals surface area (Å²) >= 11 is 0. The van der Waals surface area contributed by atoms with Crippen molar-refractivity contribution in [2.45, 2.75) is 129 Å². The van der Waals surface area contributed by atoms with E-state index in [1.54, 1.807) is 62.7 Å². The van der Waals surface area contributed by atoms with Crippen molar-refractivity contribution < 1.29 is 43.4 Å². The smallest absolute Gasteiger partial charge is 0.408 e. The predicted molar refractivity (Wildman–Crippen MR) is 170 cm³/mol. The van der Waals surface area contributed by atoms with Crippen LogP contribution >= 0.6 is 12.4 Å². The predicted octanol–water partition coefficient (Wildman–Crippen LogP) is 5.21. The Morgan fingerprint density at radius 2 is 1.07 bits per heavy atom. The molecule has 2 aliphatic carbocycles. The number of carbonyl (C=O) groups excluding carboxylic acids is 3. The van der Waals surface area contributed by atoms with Gasteiger partial charge in [0.2, 0.25) is 0 Å². The Hall–Kier alpha value is -2.35. The monoisotopic (exact) mass is 654 g/mol. The molecular formula is C30H59ClN4O9. The largest absolute Gasteiger partial charge is 0.480 e. The van der Waals surface area contributed by atoms with Crippen molar-refractivity contribution in [3.05, 3.63) is 0 Å². The maximum absolute atomic E-state index is 12.4. The van der Waals surface area contributed by atoms with Crippen LogP contribution in [0.25, 0.3) is 0 Å². The van der Waals surface area contributed by atoms with Gasteiger partial charge in [-0.1, -0.05) is 38.5 Å². The molecule has 0 aromatic heterocycles. The molecule has 0 aliphatic heterocycles. The summed E-state index contributed by atoms with van der Waals surface area (Å²) < 4.78 is 10.4. The van der Waals surface area contributed by atoms with Crippen LogP contribution in [0.2, 0.25) is 0 Å². The fraction of sp³-hybridized carbons (Fsp3) is 0.867. The number of carboxylic acid groups (broad SMARTS) is 1. The number of hydrogen-bond donors (Lipinski definition) is 4. The lowest BCUT2D eigenvalue weighted by molar-refractivity contribution is -0.172. The van der Waals surface area contributed by atoms with Gasteiger partial charge in [0.25, 0.3) is 5.91 Å². The van der Waals surface area contributed by atoms with Gasteiger partial charge in [0.15, 0.2) is 0 Å². The molecule has 2 rings (SSSR count). The van der Waals surface area contributed by atoms with Crippen molar-refractivity contribution >= 4 is 36.5 Å². The number of alkyl carbamates (subject to hydrolysis) is 2. The minimum absolute atomic E-state index is 0. The zero-order valence-corrected chi connectivity index (χ0v) is 29.3. The maximum atomic E-state index is 12.4. The van der Waals surface area contributed by atoms with Crippen LogP contribution in [0.3, 0.4) is 0 Å². The number of halogens is 1. The van der Waals surface area contributed by atoms with Gasteiger partial charge in [-0.2, -0.15) is 0 Å². The Morgan fingerprint density at radius 3 is 1.36 bits per heavy atom. The molecule has 0 bridgehead atoms. The zero-order valence-electron chi connectivity index (χ0n) is 28.4. The van der Waals surface area contributed by atoms with E-state index in [0.717, 1.165) is 62.9 Å². The van der Waals surface area contributed by atoms with E-state index in [4.69, 9.17) is 14.3 Å². The second kappa shape index (κ2) is 22.2. The van der Waals surface area contributed by atoms with Gasteiger partial charge in [-0.15, -0.1) is 12.4 Å². The van der Waals surface area contributed by atoms with Crippen LogP contribution in [0, 0.1) is 11.8 Å². The Bertz CT molecular complexity index is 835. The van der Waals surface area contributed by atoms with E-state index in [-0.39, 0.29) is 30.2 Å². The number of amides is 3. The molecule has 3 amide bonds. The third kappa shape index (κ3) is 19.8. The Morgan fingerprint density at radius 1 is 0.727 bits per heavy atom. The number of likely N-dealkylation sites (N-methyl/N-ethyl adjacent to an activating group) is 1. The van der Waals surface area contributed by atoms with Crippen molar-refractivity contribution in [3.63, 3.8) is 0 Å². The molecule has 0 saturated heterocycles. The Kier molecular flexibility index (Phi) is 22.1. The first-order valence-electron chi connectivity index (χ1n) is 15.2. The van der Waals surface area contributed by atoms with Crippen molar-refractivity contribution in [2.75, 3.05) is 28.3 Å². The number of rotatable bonds is 8. The summed E-state index contributed by atoms with van der Waals surface area (Å²) in [4.78, 5) is 56.5. The normalized spacial score (nSPS) is 17.0. The number of aliphatic carboxylic acids is 1. The maximum Gasteiger partial charge on any atom is 0.408 e. The summed E-state index contributed by atoms with van der Waals surface area (Å²) in [6.07, 6.45) is 8.93. The minimum Gasteiger partial charge on any atom is -0.480 e. The van der Waals surface area contributed by atoms with E-state index in [1.807, 2.05) is 0 Å². The fourth-order valence-electron chi connectivity index (χ4n) is 4.85. The summed E-state index contributed by atoms with van der Waals surface area (Å²) in [5.41, 5.74) is 1.23. The first kappa shape index (κ1) is 43.8. The topological polar surface area (TPSA) is 165 Å². The number of hydroxylamine groups is 3. The first-order chi connectivity index (χ1) is 19.9. The molecule has 0 radical (unpaired) electrons. The van der Waals surface area contributed by atoms with Gasteiger partial charge < -0.3 is 30.1 Å². The molecule has 0 heterocycles. The van der Waals surface area contributed by atoms with Gasteiger partial charge in [-0.3, -0.25) is 9.63 Å². The molecule has 0 aromatic rings. The van der Waals surface area contributed by atoms with E-state index in [9.17, 15) is 24.3 Å². The van der Waals surface area contributed by atoms with Gasteiger partial charge in [0, 0.05) is 14.1 Å². The molecule has 2 saturated carbocycles. The van der Waals surface area contributed by atoms with Crippen molar-refractivity contribution in [2.24, 2.45) is 11.8 Å². The highest BCUT2D eigenvalue weighted by Gasteiger charge is 2.35. The Balaban J connectivity index is 0. The molecule has 2 atom stereocenters. The summed E-state index contributed by atoms with van der Waals surface area (Å²) in [5, 5.41) is 15.6. The number of carboxylic acids is 1. The SMILES string of the molecule is CC(C)(C)OC(=O)N[C@H](C(=O)O)C1CCCCC1.CNOC.CON(C)C(=O)[C@@H](NC(=O)OC(C)(C)C)C1CCCCC1.Cl. The molecule has 13 nitrogen and oxygen atoms in total. The van der Waals surface area contributed by atoms with Crippen molar-refractivity contribution in [3.8, 4) is 0 Å². The van der Waals surface area contributed by atoms with E-state index in [1.165, 1.54) is 13.5 Å². The van der Waals surface area contributed by atoms with E-state index < -0.39 is 41.4 Å². The van der Waals surface area contributed by atoms with E-state index >= 15 is 0 Å². The number of carbonyl (C=O) groups is 4. The van der Waals surface area contributed by atoms with Gasteiger partial charge >= 0.3 is 18.2 Å². The van der Waals surface area contributed by atoms with Crippen LogP contribution in [-0.4, -0.2) is 85.8 Å². The quantitative estimate of drug-likeness (QED) is 0.255. The van der Waals surface area contributed by atoms with Crippen LogP contribution in [0.1, 0.15) is 106 Å². The molecule has 2 aliphatic rings. The van der Waals surface area contributed by atoms with Crippen LogP contribution < -0.4 is 16.1 Å². The second-order valence-electron chi connectivity index (χ2n) is 12.8. The molecule has 260 valence electrons. The number of nitrogens with one attached hydrogen (secondary N) is 3. The van der Waals surface area contributed by atoms with Crippen LogP contribution in [-0.2, 0) is 28.7 Å². The molecule has 4 N–H and O–H groups in total. The standard InChI is InChI=1S/C15H28N2O4.C13H23NO4.C2H7NO.ClH/c1-15(2,3)21-14(19)16-12(13(18)17(4)20-5)11-9-7-6-8-10-11;1-13(2,3)18-12(17)14-10(11(15)16)9-7-5-4-6-8-9;1-3-4-2;/h11-12H,6-10H2,1-5H3,(H,16,19);9-10H,4-8H2,1-3H3,(H,14,17)(H,15,16);3H,1-2H3;1H/t12-;10-;;/m00../s1. The molecule has 14 heteroatoms. The van der Waals surface area contributed by atoms with Gasteiger partial charge in [0.05, 0.1) is 14.2 Å². The lowest BCUT2D eigenvalue weighted by atomic mass is 9.83. The molecule has 0 unspecified atom stereocenters. The highest BCUT2D eigenvalue weighted by Crippen LogP contribution is 2.28. The molecule has 0 aromatic carbocycles. The molecule has 44 heavy (non-hydrogen) atoms. The van der Waals surface area contributed by atoms with Crippen LogP contribution in [0.15, 0.2) is 0 Å². The fourth-order valence-corrected chi connectivity index (χ4v) is 4.85. The third-order valence-corrected chi connectivity index (χ3v) is 6.91. The average molecular weight is 655 g/mol. The molecule has 2 fully saturated rings. The number of ether oxygens (including phenoxy) is 2. The second-order valence-corrected chi connectivity index (χ2v) is 12.8. The molecule has 0 spiro atoms. The zero-order chi connectivity index (χ0) is 33.2. The summed E-state index contributed by atoms with van der Waals surface area (Å²) in [5.74, 6) is -1.07. The number of nitrogens with zero attached hydrogens (tertiary/aromatic N) is 1. The highest BCUT2D eigenvalue weighted by molar-refractivity contribution is 5.85. The van der Waals surface area contributed by atoms with Gasteiger partial charge in [-0.05, 0) is 79.1 Å². The van der Waals surface area contributed by atoms with Gasteiger partial charge in [-0.25, -0.2) is 24.9 Å². The average Bonchev–Trinajstić information content (AvgIpc) is 2.93. The lowest BCUT2D eigenvalue weighted by Gasteiger charge is -2.32. The lowest BCUT2D eigenvalue weighted by Crippen LogP contribution is -2.52. The highest BCUT2D eigenvalue weighted by atomic mass is 35.5. The van der Waals surface area contributed by atoms with E-state index in [2.05, 4.69) is 21.0 Å². The summed E-state index contributed by atoms with van der Waals surface area (Å²) in [7, 11) is 6.26. The van der Waals surface area contributed by atoms with E-state index in [0.29, 0.717) is 0 Å². The molecular weight excluding hydrogens is 596 g/mol. The summed E-state index contributed by atoms with van der Waals surface area (Å²) in [6, 6.07) is -1.43. The Labute approximate surface area is 270 Å². The third-order valence-electron chi connectivity index (χ3n) is 6.91. The van der Waals surface area contributed by atoms with Gasteiger partial charge in [0.1, 0.15) is 23.3 Å². The summed E-state index contributed by atoms with van der Waals surface area (Å²) in [6.45, 7) is 10.6. The first-order valence-corrected chi connectivity index (χ1v) is 15.2. The van der Waals surface area contributed by atoms with Crippen LogP contribution in [0.4, 0.5) is 9.59 Å². The van der Waals surface area contributed by atoms with Crippen molar-refractivity contribution in [1.82, 2.24) is 21.2 Å². The minimum atomic E-state index is -0.979. The number of hydrogen-bond acceptors (Lipinski definition) is 9. The van der Waals surface area contributed by atoms with Crippen molar-refractivity contribution in [1.29, 1.82) is 0 Å². The van der Waals surface area contributed by atoms with Crippen LogP contribution in [0.5, 0.6) is 0 Å².